The zero-order valence-corrected chi connectivity index (χ0v) is 10.4. The van der Waals surface area contributed by atoms with Crippen LogP contribution in [0.25, 0.3) is 0 Å². The van der Waals surface area contributed by atoms with E-state index in [1.165, 1.54) is 22.6 Å². The third-order valence-electron chi connectivity index (χ3n) is 2.88. The minimum absolute atomic E-state index is 0.316. The highest BCUT2D eigenvalue weighted by molar-refractivity contribution is 7.99. The van der Waals surface area contributed by atoms with Gasteiger partial charge in [0.15, 0.2) is 0 Å². The number of thioether (sulfide) groups is 1. The highest BCUT2D eigenvalue weighted by Crippen LogP contribution is 2.22. The Balaban J connectivity index is 1.75. The lowest BCUT2D eigenvalue weighted by molar-refractivity contribution is 0.120. The number of halogens is 2. The van der Waals surface area contributed by atoms with Gasteiger partial charge in [-0.25, -0.2) is 8.78 Å². The van der Waals surface area contributed by atoms with E-state index in [4.69, 9.17) is 0 Å². The highest BCUT2D eigenvalue weighted by atomic mass is 32.2. The molecule has 0 bridgehead atoms. The van der Waals surface area contributed by atoms with Crippen molar-refractivity contribution < 1.29 is 8.78 Å². The molecule has 1 aromatic heterocycles. The molecular formula is C11H17F2N3S. The summed E-state index contributed by atoms with van der Waals surface area (Å²) in [5.74, 6) is 3.19. The second-order valence-corrected chi connectivity index (χ2v) is 5.41. The summed E-state index contributed by atoms with van der Waals surface area (Å²) in [5, 5.41) is 7.22. The Bertz CT molecular complexity index is 337. The molecule has 1 aliphatic heterocycles. The molecule has 1 atom stereocenters. The van der Waals surface area contributed by atoms with Crippen LogP contribution in [0.15, 0.2) is 12.3 Å². The van der Waals surface area contributed by atoms with Crippen LogP contribution in [0.1, 0.15) is 12.1 Å². The Morgan fingerprint density at radius 3 is 3.18 bits per heavy atom. The maximum absolute atomic E-state index is 12.3. The fraction of sp³-hybridized carbons (Fsp3) is 0.727. The van der Waals surface area contributed by atoms with E-state index in [2.05, 4.69) is 10.4 Å². The molecular weight excluding hydrogens is 244 g/mol. The number of nitrogens with one attached hydrogen (secondary N) is 1. The number of hydrogen-bond donors (Lipinski definition) is 1. The van der Waals surface area contributed by atoms with Crippen molar-refractivity contribution in [2.75, 3.05) is 18.1 Å². The first kappa shape index (κ1) is 12.8. The van der Waals surface area contributed by atoms with Gasteiger partial charge in [0.05, 0.1) is 5.69 Å². The molecule has 0 aliphatic carbocycles. The van der Waals surface area contributed by atoms with Crippen LogP contribution in [0.5, 0.6) is 0 Å². The molecule has 0 radical (unpaired) electrons. The van der Waals surface area contributed by atoms with Gasteiger partial charge in [-0.1, -0.05) is 0 Å². The molecule has 2 heterocycles. The molecule has 1 saturated heterocycles. The molecule has 96 valence electrons. The average molecular weight is 261 g/mol. The van der Waals surface area contributed by atoms with Crippen molar-refractivity contribution in [3.05, 3.63) is 18.0 Å². The van der Waals surface area contributed by atoms with Gasteiger partial charge in [0.2, 0.25) is 0 Å². The fourth-order valence-corrected chi connectivity index (χ4v) is 3.24. The minimum atomic E-state index is -2.35. The van der Waals surface area contributed by atoms with Gasteiger partial charge in [-0.05, 0) is 36.5 Å². The van der Waals surface area contributed by atoms with Crippen LogP contribution < -0.4 is 5.32 Å². The second-order valence-electron chi connectivity index (χ2n) is 4.26. The molecule has 1 fully saturated rings. The molecule has 0 saturated carbocycles. The first-order valence-corrected chi connectivity index (χ1v) is 6.98. The first-order valence-electron chi connectivity index (χ1n) is 5.83. The molecule has 1 aromatic rings. The van der Waals surface area contributed by atoms with Crippen molar-refractivity contribution >= 4 is 11.8 Å². The van der Waals surface area contributed by atoms with Gasteiger partial charge in [-0.15, -0.1) is 0 Å². The Hall–Kier alpha value is -0.620. The monoisotopic (exact) mass is 261 g/mol. The number of hydrogen-bond acceptors (Lipinski definition) is 3. The van der Waals surface area contributed by atoms with E-state index in [1.807, 2.05) is 11.8 Å². The lowest BCUT2D eigenvalue weighted by Gasteiger charge is -2.11. The summed E-state index contributed by atoms with van der Waals surface area (Å²) in [6.07, 6.45) is 0.485. The van der Waals surface area contributed by atoms with Gasteiger partial charge in [0.1, 0.15) is 6.54 Å². The van der Waals surface area contributed by atoms with Crippen molar-refractivity contribution in [2.45, 2.75) is 25.9 Å². The third-order valence-corrected chi connectivity index (χ3v) is 4.11. The van der Waals surface area contributed by atoms with Crippen LogP contribution >= 0.6 is 11.8 Å². The topological polar surface area (TPSA) is 29.9 Å². The van der Waals surface area contributed by atoms with E-state index < -0.39 is 6.43 Å². The van der Waals surface area contributed by atoms with Crippen molar-refractivity contribution in [2.24, 2.45) is 5.92 Å². The Labute approximate surface area is 104 Å². The lowest BCUT2D eigenvalue weighted by Crippen LogP contribution is -2.24. The lowest BCUT2D eigenvalue weighted by atomic mass is 10.1. The standard InChI is InChI=1S/C11H17F2N3S/c12-11(13)7-16-10(1-3-15-16)6-14-5-9-2-4-17-8-9/h1,3,9,11,14H,2,4-8H2. The predicted molar refractivity (Wildman–Crippen MR) is 65.4 cm³/mol. The quantitative estimate of drug-likeness (QED) is 0.849. The van der Waals surface area contributed by atoms with Gasteiger partial charge in [0, 0.05) is 12.7 Å². The van der Waals surface area contributed by atoms with E-state index in [1.54, 1.807) is 12.3 Å². The molecule has 0 spiro atoms. The third kappa shape index (κ3) is 3.96. The molecule has 1 aliphatic rings. The smallest absolute Gasteiger partial charge is 0.257 e. The second kappa shape index (κ2) is 6.35. The van der Waals surface area contributed by atoms with Crippen LogP contribution in [-0.4, -0.2) is 34.3 Å². The van der Waals surface area contributed by atoms with Crippen LogP contribution in [0.3, 0.4) is 0 Å². The van der Waals surface area contributed by atoms with Crippen molar-refractivity contribution in [3.8, 4) is 0 Å². The SMILES string of the molecule is FC(F)Cn1nccc1CNCC1CCSC1. The van der Waals surface area contributed by atoms with Gasteiger partial charge in [-0.2, -0.15) is 16.9 Å². The normalized spacial score (nSPS) is 20.3. The first-order chi connectivity index (χ1) is 8.25. The summed E-state index contributed by atoms with van der Waals surface area (Å²) in [5.41, 5.74) is 0.830. The Kier molecular flexibility index (Phi) is 4.79. The van der Waals surface area contributed by atoms with Crippen LogP contribution in [0.4, 0.5) is 8.78 Å². The Morgan fingerprint density at radius 1 is 1.59 bits per heavy atom. The predicted octanol–water partition coefficient (Wildman–Crippen LogP) is 1.99. The maximum atomic E-state index is 12.3. The van der Waals surface area contributed by atoms with Gasteiger partial charge in [-0.3, -0.25) is 4.68 Å². The molecule has 17 heavy (non-hydrogen) atoms. The van der Waals surface area contributed by atoms with E-state index in [9.17, 15) is 8.78 Å². The summed E-state index contributed by atoms with van der Waals surface area (Å²) < 4.78 is 25.9. The van der Waals surface area contributed by atoms with Crippen molar-refractivity contribution in [1.29, 1.82) is 0 Å². The average Bonchev–Trinajstić information content (AvgIpc) is 2.90. The molecule has 1 N–H and O–H groups in total. The van der Waals surface area contributed by atoms with Crippen LogP contribution in [-0.2, 0) is 13.1 Å². The summed E-state index contributed by atoms with van der Waals surface area (Å²) >= 11 is 1.98. The van der Waals surface area contributed by atoms with Crippen LogP contribution in [0.2, 0.25) is 0 Å². The van der Waals surface area contributed by atoms with Gasteiger partial charge >= 0.3 is 0 Å². The van der Waals surface area contributed by atoms with E-state index in [0.717, 1.165) is 18.2 Å². The number of nitrogens with zero attached hydrogens (tertiary/aromatic N) is 2. The highest BCUT2D eigenvalue weighted by Gasteiger charge is 2.15. The van der Waals surface area contributed by atoms with E-state index in [0.29, 0.717) is 6.54 Å². The van der Waals surface area contributed by atoms with Crippen molar-refractivity contribution in [1.82, 2.24) is 15.1 Å². The summed E-state index contributed by atoms with van der Waals surface area (Å²) in [6, 6.07) is 1.79. The number of alkyl halides is 2. The van der Waals surface area contributed by atoms with Gasteiger partial charge in [0.25, 0.3) is 6.43 Å². The number of aromatic nitrogens is 2. The summed E-state index contributed by atoms with van der Waals surface area (Å²) in [7, 11) is 0. The molecule has 1 unspecified atom stereocenters. The zero-order chi connectivity index (χ0) is 12.1. The largest absolute Gasteiger partial charge is 0.311 e. The van der Waals surface area contributed by atoms with E-state index >= 15 is 0 Å². The fourth-order valence-electron chi connectivity index (χ4n) is 1.95. The molecule has 0 aromatic carbocycles. The van der Waals surface area contributed by atoms with Crippen LogP contribution in [0, 0.1) is 5.92 Å². The number of rotatable bonds is 6. The zero-order valence-electron chi connectivity index (χ0n) is 9.61. The summed E-state index contributed by atoms with van der Waals surface area (Å²) in [4.78, 5) is 0. The van der Waals surface area contributed by atoms with Crippen molar-refractivity contribution in [3.63, 3.8) is 0 Å². The van der Waals surface area contributed by atoms with E-state index in [-0.39, 0.29) is 6.54 Å². The Morgan fingerprint density at radius 2 is 2.47 bits per heavy atom. The molecule has 2 rings (SSSR count). The minimum Gasteiger partial charge on any atom is -0.311 e. The maximum Gasteiger partial charge on any atom is 0.257 e. The molecule has 0 amide bonds. The molecule has 6 heteroatoms. The molecule has 3 nitrogen and oxygen atoms in total. The van der Waals surface area contributed by atoms with Gasteiger partial charge < -0.3 is 5.32 Å². The summed E-state index contributed by atoms with van der Waals surface area (Å²) in [6.45, 7) is 1.27.